The fourth-order valence-corrected chi connectivity index (χ4v) is 2.39. The lowest BCUT2D eigenvalue weighted by molar-refractivity contribution is 0.413. The highest BCUT2D eigenvalue weighted by Gasteiger charge is 2.05. The van der Waals surface area contributed by atoms with Gasteiger partial charge >= 0.3 is 0 Å². The zero-order valence-electron chi connectivity index (χ0n) is 7.27. The van der Waals surface area contributed by atoms with Crippen LogP contribution in [0.15, 0.2) is 45.8 Å². The molecule has 0 saturated carbocycles. The van der Waals surface area contributed by atoms with Gasteiger partial charge in [-0.1, -0.05) is 6.07 Å². The minimum absolute atomic E-state index is 0.439. The molecule has 0 saturated heterocycles. The van der Waals surface area contributed by atoms with Crippen molar-refractivity contribution in [3.8, 4) is 5.75 Å². The zero-order chi connectivity index (χ0) is 9.10. The van der Waals surface area contributed by atoms with Crippen molar-refractivity contribution in [1.82, 2.24) is 0 Å². The van der Waals surface area contributed by atoms with Gasteiger partial charge in [0, 0.05) is 11.1 Å². The number of methoxy groups -OCH3 is 1. The average molecular weight is 192 g/mol. The largest absolute Gasteiger partial charge is 0.497 e. The summed E-state index contributed by atoms with van der Waals surface area (Å²) in [7, 11) is 1.24. The minimum atomic E-state index is -0.439. The molecule has 2 rings (SSSR count). The molecule has 0 N–H and O–H groups in total. The van der Waals surface area contributed by atoms with Gasteiger partial charge in [-0.2, -0.15) is 10.9 Å². The summed E-state index contributed by atoms with van der Waals surface area (Å²) in [6.07, 6.45) is 1.80. The Balaban J connectivity index is 2.29. The summed E-state index contributed by atoms with van der Waals surface area (Å²) in [6.45, 7) is 0. The maximum absolute atomic E-state index is 5.14. The van der Waals surface area contributed by atoms with E-state index in [1.165, 1.54) is 4.90 Å². The van der Waals surface area contributed by atoms with E-state index in [9.17, 15) is 0 Å². The molecular formula is C10H10NOS. The van der Waals surface area contributed by atoms with Crippen LogP contribution in [0.4, 0.5) is 0 Å². The second kappa shape index (κ2) is 3.66. The van der Waals surface area contributed by atoms with Crippen LogP contribution >= 0.6 is 10.9 Å². The predicted octanol–water partition coefficient (Wildman–Crippen LogP) is 2.45. The van der Waals surface area contributed by atoms with Crippen LogP contribution < -0.4 is 4.74 Å². The topological polar surface area (TPSA) is 21.6 Å². The van der Waals surface area contributed by atoms with Crippen molar-refractivity contribution in [2.24, 2.45) is 4.99 Å². The summed E-state index contributed by atoms with van der Waals surface area (Å²) in [5.74, 6) is 0.891. The fraction of sp³-hybridized carbons (Fsp3) is 0.100. The first-order chi connectivity index (χ1) is 6.40. The van der Waals surface area contributed by atoms with Crippen molar-refractivity contribution in [1.29, 1.82) is 0 Å². The van der Waals surface area contributed by atoms with E-state index < -0.39 is 10.9 Å². The highest BCUT2D eigenvalue weighted by atomic mass is 32.2. The third-order valence-corrected chi connectivity index (χ3v) is 3.38. The van der Waals surface area contributed by atoms with Gasteiger partial charge in [0.15, 0.2) is 0 Å². The molecule has 67 valence electrons. The van der Waals surface area contributed by atoms with Gasteiger partial charge in [0.1, 0.15) is 11.3 Å². The Morgan fingerprint density at radius 2 is 2.38 bits per heavy atom. The van der Waals surface area contributed by atoms with Gasteiger partial charge in [-0.05, 0) is 23.6 Å². The summed E-state index contributed by atoms with van der Waals surface area (Å²) in [5, 5.41) is 2.07. The molecule has 0 amide bonds. The maximum atomic E-state index is 5.14. The Kier molecular flexibility index (Phi) is 2.36. The average Bonchev–Trinajstić information content (AvgIpc) is 2.71. The van der Waals surface area contributed by atoms with Crippen molar-refractivity contribution >= 4 is 16.4 Å². The SMILES string of the molecule is COc1cccc([SH]2[C]=NC=C2)c1. The smallest absolute Gasteiger partial charge is 0.119 e. The molecular weight excluding hydrogens is 182 g/mol. The Morgan fingerprint density at radius 3 is 3.08 bits per heavy atom. The Hall–Kier alpha value is -1.22. The molecule has 1 radical (unpaired) electrons. The van der Waals surface area contributed by atoms with Gasteiger partial charge in [-0.3, -0.25) is 0 Å². The molecule has 1 aliphatic rings. The predicted molar refractivity (Wildman–Crippen MR) is 56.8 cm³/mol. The third kappa shape index (κ3) is 1.75. The Bertz CT molecular complexity index is 348. The molecule has 1 aliphatic heterocycles. The summed E-state index contributed by atoms with van der Waals surface area (Å²) in [4.78, 5) is 5.18. The number of benzene rings is 1. The van der Waals surface area contributed by atoms with Crippen LogP contribution in [-0.2, 0) is 0 Å². The molecule has 3 heteroatoms. The van der Waals surface area contributed by atoms with Gasteiger partial charge in [0.05, 0.1) is 7.11 Å². The molecule has 2 nitrogen and oxygen atoms in total. The van der Waals surface area contributed by atoms with Crippen LogP contribution in [0.25, 0.3) is 0 Å². The van der Waals surface area contributed by atoms with Crippen LogP contribution in [0.2, 0.25) is 0 Å². The summed E-state index contributed by atoms with van der Waals surface area (Å²) in [6, 6.07) is 8.04. The van der Waals surface area contributed by atoms with E-state index in [0.717, 1.165) is 5.75 Å². The van der Waals surface area contributed by atoms with Crippen molar-refractivity contribution in [3.05, 3.63) is 35.9 Å². The monoisotopic (exact) mass is 192 g/mol. The van der Waals surface area contributed by atoms with E-state index in [2.05, 4.69) is 22.0 Å². The molecule has 1 aromatic rings. The van der Waals surface area contributed by atoms with Gasteiger partial charge in [0.2, 0.25) is 0 Å². The van der Waals surface area contributed by atoms with Gasteiger partial charge < -0.3 is 4.74 Å². The summed E-state index contributed by atoms with van der Waals surface area (Å²) >= 11 is 0. The number of aliphatic imine (C=N–C) groups is 1. The van der Waals surface area contributed by atoms with Gasteiger partial charge in [-0.15, -0.1) is 0 Å². The maximum Gasteiger partial charge on any atom is 0.119 e. The third-order valence-electron chi connectivity index (χ3n) is 1.79. The lowest BCUT2D eigenvalue weighted by Crippen LogP contribution is -1.84. The highest BCUT2D eigenvalue weighted by molar-refractivity contribution is 8.31. The van der Waals surface area contributed by atoms with Crippen LogP contribution in [0.1, 0.15) is 0 Å². The molecule has 0 fully saturated rings. The quantitative estimate of drug-likeness (QED) is 0.714. The van der Waals surface area contributed by atoms with E-state index in [0.29, 0.717) is 0 Å². The molecule has 0 aromatic heterocycles. The lowest BCUT2D eigenvalue weighted by atomic mass is 10.3. The number of hydrogen-bond acceptors (Lipinski definition) is 2. The van der Waals surface area contributed by atoms with E-state index in [-0.39, 0.29) is 0 Å². The summed E-state index contributed by atoms with van der Waals surface area (Å²) < 4.78 is 5.14. The molecule has 0 spiro atoms. The second-order valence-corrected chi connectivity index (χ2v) is 4.35. The number of thiol groups is 1. The van der Waals surface area contributed by atoms with E-state index in [1.54, 1.807) is 13.3 Å². The van der Waals surface area contributed by atoms with Gasteiger partial charge in [0.25, 0.3) is 0 Å². The van der Waals surface area contributed by atoms with Crippen molar-refractivity contribution in [2.75, 3.05) is 7.11 Å². The fourth-order valence-electron chi connectivity index (χ4n) is 1.13. The van der Waals surface area contributed by atoms with Gasteiger partial charge in [-0.25, -0.2) is 4.99 Å². The molecule has 1 unspecified atom stereocenters. The molecule has 1 aromatic carbocycles. The van der Waals surface area contributed by atoms with Crippen molar-refractivity contribution in [3.63, 3.8) is 0 Å². The van der Waals surface area contributed by atoms with E-state index in [1.807, 2.05) is 18.2 Å². The Labute approximate surface area is 80.3 Å². The molecule has 0 aliphatic carbocycles. The van der Waals surface area contributed by atoms with Crippen molar-refractivity contribution in [2.45, 2.75) is 4.90 Å². The first-order valence-corrected chi connectivity index (χ1v) is 5.37. The van der Waals surface area contributed by atoms with Crippen LogP contribution in [-0.4, -0.2) is 12.7 Å². The molecule has 1 atom stereocenters. The lowest BCUT2D eigenvalue weighted by Gasteiger charge is -2.09. The van der Waals surface area contributed by atoms with Crippen LogP contribution in [0.5, 0.6) is 5.75 Å². The number of nitrogens with zero attached hydrogens (tertiary/aromatic N) is 1. The number of ether oxygens (including phenoxy) is 1. The van der Waals surface area contributed by atoms with Crippen LogP contribution in [0.3, 0.4) is 0 Å². The number of rotatable bonds is 2. The minimum Gasteiger partial charge on any atom is -0.497 e. The normalized spacial score (nSPS) is 22.1. The highest BCUT2D eigenvalue weighted by Crippen LogP contribution is 2.38. The zero-order valence-corrected chi connectivity index (χ0v) is 8.16. The van der Waals surface area contributed by atoms with E-state index in [4.69, 9.17) is 4.74 Å². The molecule has 1 heterocycles. The summed E-state index contributed by atoms with van der Waals surface area (Å²) in [5.41, 5.74) is 3.05. The Morgan fingerprint density at radius 1 is 1.46 bits per heavy atom. The van der Waals surface area contributed by atoms with E-state index >= 15 is 0 Å². The first-order valence-electron chi connectivity index (χ1n) is 3.95. The number of hydrogen-bond donors (Lipinski definition) is 1. The molecule has 0 bridgehead atoms. The first kappa shape index (κ1) is 8.38. The second-order valence-electron chi connectivity index (χ2n) is 2.60. The molecule has 13 heavy (non-hydrogen) atoms. The van der Waals surface area contributed by atoms with Crippen molar-refractivity contribution < 1.29 is 4.74 Å². The van der Waals surface area contributed by atoms with Crippen LogP contribution in [0, 0.1) is 0 Å². The standard InChI is InChI=1S/C10H10NOS/c1-12-9-3-2-4-10(7-9)13-6-5-11-8-13/h2-7,13H,1H3.